The van der Waals surface area contributed by atoms with Crippen LogP contribution in [0.15, 0.2) is 0 Å². The van der Waals surface area contributed by atoms with Crippen molar-refractivity contribution in [2.45, 2.75) is 40.5 Å². The molecule has 0 rings (SSSR count). The van der Waals surface area contributed by atoms with Crippen LogP contribution in [0.5, 0.6) is 0 Å². The van der Waals surface area contributed by atoms with Crippen molar-refractivity contribution < 1.29 is 0 Å². The molecule has 0 saturated heterocycles. The number of alkyl halides is 1. The molecule has 0 spiro atoms. The van der Waals surface area contributed by atoms with Crippen LogP contribution >= 0.6 is 15.9 Å². The highest BCUT2D eigenvalue weighted by atomic mass is 79.9. The van der Waals surface area contributed by atoms with Gasteiger partial charge in [0.25, 0.3) is 0 Å². The quantitative estimate of drug-likeness (QED) is 0.616. The molecule has 1 atom stereocenters. The lowest BCUT2D eigenvalue weighted by molar-refractivity contribution is 0.340. The van der Waals surface area contributed by atoms with Gasteiger partial charge in [-0.3, -0.25) is 0 Å². The summed E-state index contributed by atoms with van der Waals surface area (Å²) in [6.07, 6.45) is 2.68. The van der Waals surface area contributed by atoms with Crippen molar-refractivity contribution >= 4 is 15.9 Å². The summed E-state index contributed by atoms with van der Waals surface area (Å²) in [6, 6.07) is 0. The van der Waals surface area contributed by atoms with Gasteiger partial charge >= 0.3 is 0 Å². The third-order valence-electron chi connectivity index (χ3n) is 1.65. The van der Waals surface area contributed by atoms with Crippen LogP contribution in [-0.2, 0) is 0 Å². The van der Waals surface area contributed by atoms with E-state index in [-0.39, 0.29) is 0 Å². The molecule has 1 unspecified atom stereocenters. The molecule has 0 aliphatic rings. The van der Waals surface area contributed by atoms with E-state index in [1.54, 1.807) is 0 Å². The summed E-state index contributed by atoms with van der Waals surface area (Å²) in [7, 11) is 0. The molecule has 0 aromatic rings. The highest BCUT2D eigenvalue weighted by Gasteiger charge is 2.11. The van der Waals surface area contributed by atoms with E-state index in [0.29, 0.717) is 5.41 Å². The van der Waals surface area contributed by atoms with E-state index >= 15 is 0 Å². The zero-order valence-corrected chi connectivity index (χ0v) is 9.16. The molecule has 0 radical (unpaired) electrons. The zero-order valence-electron chi connectivity index (χ0n) is 7.58. The summed E-state index contributed by atoms with van der Waals surface area (Å²) >= 11 is 3.48. The maximum atomic E-state index is 3.48. The van der Waals surface area contributed by atoms with Gasteiger partial charge in [0.15, 0.2) is 0 Å². The molecular formula is C9H19Br. The summed E-state index contributed by atoms with van der Waals surface area (Å²) in [4.78, 5) is 0. The summed E-state index contributed by atoms with van der Waals surface area (Å²) in [5, 5.41) is 1.14. The molecule has 0 aromatic heterocycles. The molecule has 0 fully saturated rings. The van der Waals surface area contributed by atoms with Gasteiger partial charge < -0.3 is 0 Å². The molecule has 0 heterocycles. The zero-order chi connectivity index (χ0) is 8.20. The Bertz CT molecular complexity index is 81.2. The second kappa shape index (κ2) is 4.38. The van der Waals surface area contributed by atoms with Crippen LogP contribution in [0.3, 0.4) is 0 Å². The number of rotatable bonds is 3. The molecular weight excluding hydrogens is 188 g/mol. The third kappa shape index (κ3) is 6.60. The van der Waals surface area contributed by atoms with Crippen LogP contribution in [0.4, 0.5) is 0 Å². The first-order valence-corrected chi connectivity index (χ1v) is 5.14. The average molecular weight is 207 g/mol. The fourth-order valence-corrected chi connectivity index (χ4v) is 1.08. The summed E-state index contributed by atoms with van der Waals surface area (Å²) in [5.41, 5.74) is 0.510. The lowest BCUT2D eigenvalue weighted by Crippen LogP contribution is -2.07. The molecule has 0 nitrogen and oxygen atoms in total. The van der Waals surface area contributed by atoms with E-state index in [0.717, 1.165) is 11.2 Å². The highest BCUT2D eigenvalue weighted by Crippen LogP contribution is 2.23. The average Bonchev–Trinajstić information content (AvgIpc) is 1.81. The highest BCUT2D eigenvalue weighted by molar-refractivity contribution is 9.09. The van der Waals surface area contributed by atoms with Crippen molar-refractivity contribution in [3.8, 4) is 0 Å². The van der Waals surface area contributed by atoms with Gasteiger partial charge in [-0.15, -0.1) is 0 Å². The van der Waals surface area contributed by atoms with Gasteiger partial charge in [-0.25, -0.2) is 0 Å². The Morgan fingerprint density at radius 2 is 1.80 bits per heavy atom. The monoisotopic (exact) mass is 206 g/mol. The van der Waals surface area contributed by atoms with Crippen molar-refractivity contribution in [1.29, 1.82) is 0 Å². The minimum absolute atomic E-state index is 0.510. The summed E-state index contributed by atoms with van der Waals surface area (Å²) in [5.74, 6) is 0.833. The molecule has 0 amide bonds. The standard InChI is InChI=1S/C9H19Br/c1-8(7-10)5-6-9(2,3)4/h8H,5-7H2,1-4H3. The molecule has 0 bridgehead atoms. The molecule has 1 heteroatoms. The Kier molecular flexibility index (Phi) is 4.59. The number of hydrogen-bond acceptors (Lipinski definition) is 0. The SMILES string of the molecule is CC(CBr)CCC(C)(C)C. The lowest BCUT2D eigenvalue weighted by Gasteiger charge is -2.19. The second-order valence-corrected chi connectivity index (χ2v) is 5.01. The summed E-state index contributed by atoms with van der Waals surface area (Å²) < 4.78 is 0. The topological polar surface area (TPSA) is 0 Å². The number of hydrogen-bond donors (Lipinski definition) is 0. The molecule has 10 heavy (non-hydrogen) atoms. The Labute approximate surface area is 73.5 Å². The van der Waals surface area contributed by atoms with Gasteiger partial charge in [0.1, 0.15) is 0 Å². The fraction of sp³-hybridized carbons (Fsp3) is 1.00. The summed E-state index contributed by atoms with van der Waals surface area (Å²) in [6.45, 7) is 9.19. The van der Waals surface area contributed by atoms with Crippen molar-refractivity contribution in [2.24, 2.45) is 11.3 Å². The van der Waals surface area contributed by atoms with Gasteiger partial charge in [-0.2, -0.15) is 0 Å². The van der Waals surface area contributed by atoms with Crippen LogP contribution < -0.4 is 0 Å². The molecule has 0 saturated carbocycles. The third-order valence-corrected chi connectivity index (χ3v) is 2.76. The Morgan fingerprint density at radius 3 is 2.10 bits per heavy atom. The predicted molar refractivity (Wildman–Crippen MR) is 51.6 cm³/mol. The van der Waals surface area contributed by atoms with Gasteiger partial charge in [0, 0.05) is 5.33 Å². The molecule has 0 aliphatic carbocycles. The van der Waals surface area contributed by atoms with Crippen molar-refractivity contribution in [1.82, 2.24) is 0 Å². The van der Waals surface area contributed by atoms with E-state index in [9.17, 15) is 0 Å². The van der Waals surface area contributed by atoms with E-state index < -0.39 is 0 Å². The Balaban J connectivity index is 3.36. The van der Waals surface area contributed by atoms with Crippen LogP contribution in [0, 0.1) is 11.3 Å². The first-order valence-electron chi connectivity index (χ1n) is 4.01. The van der Waals surface area contributed by atoms with Crippen molar-refractivity contribution in [3.63, 3.8) is 0 Å². The van der Waals surface area contributed by atoms with E-state index in [2.05, 4.69) is 43.6 Å². The fourth-order valence-electron chi connectivity index (χ4n) is 0.757. The van der Waals surface area contributed by atoms with Crippen LogP contribution in [0.1, 0.15) is 40.5 Å². The largest absolute Gasteiger partial charge is 0.0925 e. The molecule has 0 aromatic carbocycles. The van der Waals surface area contributed by atoms with Crippen molar-refractivity contribution in [3.05, 3.63) is 0 Å². The minimum atomic E-state index is 0.510. The molecule has 0 aliphatic heterocycles. The van der Waals surface area contributed by atoms with Crippen LogP contribution in [0.25, 0.3) is 0 Å². The van der Waals surface area contributed by atoms with E-state index in [1.807, 2.05) is 0 Å². The first-order chi connectivity index (χ1) is 4.45. The molecule has 62 valence electrons. The molecule has 0 N–H and O–H groups in total. The Hall–Kier alpha value is 0.480. The van der Waals surface area contributed by atoms with Crippen molar-refractivity contribution in [2.75, 3.05) is 5.33 Å². The van der Waals surface area contributed by atoms with E-state index in [4.69, 9.17) is 0 Å². The second-order valence-electron chi connectivity index (χ2n) is 4.36. The van der Waals surface area contributed by atoms with Crippen LogP contribution in [-0.4, -0.2) is 5.33 Å². The normalized spacial score (nSPS) is 15.3. The van der Waals surface area contributed by atoms with Gasteiger partial charge in [-0.1, -0.05) is 43.6 Å². The van der Waals surface area contributed by atoms with E-state index in [1.165, 1.54) is 12.8 Å². The number of halogens is 1. The first kappa shape index (κ1) is 10.5. The van der Waals surface area contributed by atoms with Gasteiger partial charge in [0.05, 0.1) is 0 Å². The maximum Gasteiger partial charge on any atom is 0.00570 e. The smallest absolute Gasteiger partial charge is 0.00570 e. The van der Waals surface area contributed by atoms with Crippen LogP contribution in [0.2, 0.25) is 0 Å². The lowest BCUT2D eigenvalue weighted by atomic mass is 9.88. The minimum Gasteiger partial charge on any atom is -0.0925 e. The Morgan fingerprint density at radius 1 is 1.30 bits per heavy atom. The van der Waals surface area contributed by atoms with Gasteiger partial charge in [-0.05, 0) is 24.2 Å². The predicted octanol–water partition coefficient (Wildman–Crippen LogP) is 3.84. The maximum absolute atomic E-state index is 3.48. The van der Waals surface area contributed by atoms with Gasteiger partial charge in [0.2, 0.25) is 0 Å².